The number of hydrogen-bond donors (Lipinski definition) is 1. The van der Waals surface area contributed by atoms with E-state index < -0.39 is 0 Å². The summed E-state index contributed by atoms with van der Waals surface area (Å²) in [4.78, 5) is 14.9. The van der Waals surface area contributed by atoms with E-state index in [1.54, 1.807) is 6.26 Å². The first-order chi connectivity index (χ1) is 14.2. The molecule has 0 aliphatic carbocycles. The number of carbonyl (C=O) groups excluding carboxylic acids is 1. The molecule has 2 aromatic heterocycles. The molecule has 1 N–H and O–H groups in total. The maximum Gasteiger partial charge on any atom is 0.233 e. The Labute approximate surface area is 174 Å². The number of carbonyl (C=O) groups is 1. The van der Waals surface area contributed by atoms with Gasteiger partial charge in [0.15, 0.2) is 11.0 Å². The molecule has 0 spiro atoms. The van der Waals surface area contributed by atoms with Crippen molar-refractivity contribution in [2.24, 2.45) is 0 Å². The third-order valence-electron chi connectivity index (χ3n) is 4.95. The molecule has 1 saturated heterocycles. The topological polar surface area (TPSA) is 76.2 Å². The molecule has 1 fully saturated rings. The molecule has 1 atom stereocenters. The van der Waals surface area contributed by atoms with Gasteiger partial charge in [-0.3, -0.25) is 14.3 Å². The molecule has 0 radical (unpaired) electrons. The van der Waals surface area contributed by atoms with Gasteiger partial charge in [-0.25, -0.2) is 0 Å². The lowest BCUT2D eigenvalue weighted by Crippen LogP contribution is -2.30. The van der Waals surface area contributed by atoms with Gasteiger partial charge in [0.1, 0.15) is 5.76 Å². The molecule has 0 bridgehead atoms. The van der Waals surface area contributed by atoms with E-state index in [9.17, 15) is 4.79 Å². The highest BCUT2D eigenvalue weighted by molar-refractivity contribution is 8.00. The lowest BCUT2D eigenvalue weighted by atomic mass is 10.3. The fourth-order valence-electron chi connectivity index (χ4n) is 3.40. The lowest BCUT2D eigenvalue weighted by molar-refractivity contribution is -0.120. The summed E-state index contributed by atoms with van der Waals surface area (Å²) >= 11 is 1.42. The second kappa shape index (κ2) is 9.28. The third-order valence-corrected chi connectivity index (χ3v) is 5.99. The van der Waals surface area contributed by atoms with Gasteiger partial charge in [-0.05, 0) is 57.1 Å². The molecule has 0 unspecified atom stereocenters. The fourth-order valence-corrected chi connectivity index (χ4v) is 4.31. The van der Waals surface area contributed by atoms with E-state index in [0.29, 0.717) is 6.54 Å². The predicted molar refractivity (Wildman–Crippen MR) is 112 cm³/mol. The van der Waals surface area contributed by atoms with Crippen LogP contribution in [0.2, 0.25) is 0 Å². The summed E-state index contributed by atoms with van der Waals surface area (Å²) in [6.07, 6.45) is 4.06. The first-order valence-electron chi connectivity index (χ1n) is 9.89. The highest BCUT2D eigenvalue weighted by Gasteiger charge is 2.23. The monoisotopic (exact) mass is 411 g/mol. The minimum atomic E-state index is -0.309. The van der Waals surface area contributed by atoms with Crippen LogP contribution in [-0.2, 0) is 17.9 Å². The number of nitrogens with one attached hydrogen (secondary N) is 1. The van der Waals surface area contributed by atoms with Crippen LogP contribution in [-0.4, -0.2) is 43.9 Å². The predicted octanol–water partition coefficient (Wildman–Crippen LogP) is 3.25. The largest absolute Gasteiger partial charge is 0.467 e. The first kappa shape index (κ1) is 19.7. The standard InChI is InChI=1S/C21H25N5O2S/c1-16(20(27)22-14-18-10-7-13-28-18)29-21-24-23-19(15-25-11-5-6-12-25)26(21)17-8-3-2-4-9-17/h2-4,7-10,13,16H,5-6,11-12,14-15H2,1H3,(H,22,27)/t16-/m0/s1. The number of furan rings is 1. The zero-order valence-corrected chi connectivity index (χ0v) is 17.3. The minimum Gasteiger partial charge on any atom is -0.467 e. The van der Waals surface area contributed by atoms with Crippen LogP contribution in [0.25, 0.3) is 5.69 Å². The Morgan fingerprint density at radius 2 is 1.97 bits per heavy atom. The highest BCUT2D eigenvalue weighted by atomic mass is 32.2. The van der Waals surface area contributed by atoms with Gasteiger partial charge < -0.3 is 9.73 Å². The van der Waals surface area contributed by atoms with E-state index in [1.807, 2.05) is 49.4 Å². The van der Waals surface area contributed by atoms with E-state index in [0.717, 1.165) is 42.1 Å². The number of amides is 1. The van der Waals surface area contributed by atoms with Gasteiger partial charge >= 0.3 is 0 Å². The molecule has 1 amide bonds. The van der Waals surface area contributed by atoms with Crippen molar-refractivity contribution in [2.75, 3.05) is 13.1 Å². The SMILES string of the molecule is C[C@H](Sc1nnc(CN2CCCC2)n1-c1ccccc1)C(=O)NCc1ccco1. The molecule has 1 aromatic carbocycles. The summed E-state index contributed by atoms with van der Waals surface area (Å²) in [7, 11) is 0. The number of rotatable bonds is 8. The Morgan fingerprint density at radius 1 is 1.17 bits per heavy atom. The number of likely N-dealkylation sites (tertiary alicyclic amines) is 1. The van der Waals surface area contributed by atoms with Crippen LogP contribution in [0.1, 0.15) is 31.4 Å². The van der Waals surface area contributed by atoms with Crippen molar-refractivity contribution in [2.45, 2.75) is 43.3 Å². The van der Waals surface area contributed by atoms with Gasteiger partial charge in [-0.15, -0.1) is 10.2 Å². The van der Waals surface area contributed by atoms with Gasteiger partial charge in [0.2, 0.25) is 5.91 Å². The van der Waals surface area contributed by atoms with E-state index in [2.05, 4.69) is 25.0 Å². The van der Waals surface area contributed by atoms with Crippen molar-refractivity contribution in [1.29, 1.82) is 0 Å². The van der Waals surface area contributed by atoms with Crippen LogP contribution in [0.4, 0.5) is 0 Å². The quantitative estimate of drug-likeness (QED) is 0.574. The summed E-state index contributed by atoms with van der Waals surface area (Å²) in [6.45, 7) is 5.21. The van der Waals surface area contributed by atoms with Crippen LogP contribution in [0.3, 0.4) is 0 Å². The Bertz CT molecular complexity index is 920. The van der Waals surface area contributed by atoms with Crippen LogP contribution in [0.15, 0.2) is 58.3 Å². The van der Waals surface area contributed by atoms with Crippen LogP contribution < -0.4 is 5.32 Å². The van der Waals surface area contributed by atoms with Crippen molar-refractivity contribution < 1.29 is 9.21 Å². The Hall–Kier alpha value is -2.58. The van der Waals surface area contributed by atoms with Crippen LogP contribution >= 0.6 is 11.8 Å². The Morgan fingerprint density at radius 3 is 2.69 bits per heavy atom. The molecule has 152 valence electrons. The smallest absolute Gasteiger partial charge is 0.233 e. The van der Waals surface area contributed by atoms with Crippen LogP contribution in [0.5, 0.6) is 0 Å². The Kier molecular flexibility index (Phi) is 6.31. The maximum absolute atomic E-state index is 12.5. The zero-order chi connectivity index (χ0) is 20.1. The van der Waals surface area contributed by atoms with E-state index in [4.69, 9.17) is 4.42 Å². The van der Waals surface area contributed by atoms with E-state index in [-0.39, 0.29) is 11.2 Å². The molecule has 7 nitrogen and oxygen atoms in total. The fraction of sp³-hybridized carbons (Fsp3) is 0.381. The first-order valence-corrected chi connectivity index (χ1v) is 10.8. The number of aromatic nitrogens is 3. The summed E-state index contributed by atoms with van der Waals surface area (Å²) in [6, 6.07) is 13.7. The third kappa shape index (κ3) is 4.89. The van der Waals surface area contributed by atoms with Gasteiger partial charge in [0, 0.05) is 5.69 Å². The maximum atomic E-state index is 12.5. The molecular weight excluding hydrogens is 386 g/mol. The second-order valence-electron chi connectivity index (χ2n) is 7.11. The second-order valence-corrected chi connectivity index (χ2v) is 8.42. The number of nitrogens with zero attached hydrogens (tertiary/aromatic N) is 4. The molecule has 1 aliphatic heterocycles. The van der Waals surface area contributed by atoms with Crippen molar-refractivity contribution >= 4 is 17.7 Å². The Balaban J connectivity index is 1.49. The molecule has 29 heavy (non-hydrogen) atoms. The average molecular weight is 412 g/mol. The van der Waals surface area contributed by atoms with Crippen molar-refractivity contribution in [3.63, 3.8) is 0 Å². The molecule has 4 rings (SSSR count). The highest BCUT2D eigenvalue weighted by Crippen LogP contribution is 2.27. The lowest BCUT2D eigenvalue weighted by Gasteiger charge is -2.17. The molecule has 0 saturated carbocycles. The average Bonchev–Trinajstić information content (AvgIpc) is 3.50. The number of hydrogen-bond acceptors (Lipinski definition) is 6. The molecule has 3 heterocycles. The van der Waals surface area contributed by atoms with Crippen molar-refractivity contribution in [1.82, 2.24) is 25.0 Å². The number of para-hydroxylation sites is 1. The van der Waals surface area contributed by atoms with Gasteiger partial charge in [0.05, 0.1) is 24.6 Å². The summed E-state index contributed by atoms with van der Waals surface area (Å²) in [5.41, 5.74) is 1.01. The molecular formula is C21H25N5O2S. The minimum absolute atomic E-state index is 0.0601. The summed E-state index contributed by atoms with van der Waals surface area (Å²) in [5.74, 6) is 1.58. The van der Waals surface area contributed by atoms with E-state index >= 15 is 0 Å². The summed E-state index contributed by atoms with van der Waals surface area (Å²) in [5, 5.41) is 12.2. The van der Waals surface area contributed by atoms with E-state index in [1.165, 1.54) is 24.6 Å². The van der Waals surface area contributed by atoms with Gasteiger partial charge in [-0.2, -0.15) is 0 Å². The van der Waals surface area contributed by atoms with Gasteiger partial charge in [-0.1, -0.05) is 30.0 Å². The summed E-state index contributed by atoms with van der Waals surface area (Å²) < 4.78 is 7.34. The molecule has 8 heteroatoms. The number of thioether (sulfide) groups is 1. The van der Waals surface area contributed by atoms with Gasteiger partial charge in [0.25, 0.3) is 0 Å². The molecule has 1 aliphatic rings. The zero-order valence-electron chi connectivity index (χ0n) is 16.5. The normalized spacial score (nSPS) is 15.5. The number of benzene rings is 1. The van der Waals surface area contributed by atoms with Crippen molar-refractivity contribution in [3.8, 4) is 5.69 Å². The molecule has 3 aromatic rings. The van der Waals surface area contributed by atoms with Crippen LogP contribution in [0, 0.1) is 0 Å². The van der Waals surface area contributed by atoms with Crippen molar-refractivity contribution in [3.05, 3.63) is 60.3 Å².